The average molecular weight is 423 g/mol. The molecule has 0 bridgehead atoms. The van der Waals surface area contributed by atoms with E-state index in [2.05, 4.69) is 20.5 Å². The maximum absolute atomic E-state index is 14.0. The quantitative estimate of drug-likeness (QED) is 0.455. The van der Waals surface area contributed by atoms with Crippen LogP contribution in [0.3, 0.4) is 0 Å². The lowest BCUT2D eigenvalue weighted by Crippen LogP contribution is -2.20. The van der Waals surface area contributed by atoms with E-state index < -0.39 is 17.5 Å². The van der Waals surface area contributed by atoms with Crippen LogP contribution in [0.15, 0.2) is 47.3 Å². The molecule has 158 valence electrons. The summed E-state index contributed by atoms with van der Waals surface area (Å²) < 4.78 is 29.2. The molecule has 0 aliphatic heterocycles. The highest BCUT2D eigenvalue weighted by Gasteiger charge is 2.22. The Morgan fingerprint density at radius 3 is 2.74 bits per heavy atom. The Morgan fingerprint density at radius 2 is 1.94 bits per heavy atom. The molecule has 0 saturated heterocycles. The summed E-state index contributed by atoms with van der Waals surface area (Å²) >= 11 is 0. The molecule has 0 spiro atoms. The first-order valence-electron chi connectivity index (χ1n) is 10.1. The van der Waals surface area contributed by atoms with E-state index in [1.54, 1.807) is 22.8 Å². The fraction of sp³-hybridized carbons (Fsp3) is 0.227. The molecule has 3 N–H and O–H groups in total. The molecule has 31 heavy (non-hydrogen) atoms. The number of nitrogens with zero attached hydrogens (tertiary/aromatic N) is 2. The van der Waals surface area contributed by atoms with Crippen molar-refractivity contribution in [1.82, 2.24) is 19.7 Å². The second kappa shape index (κ2) is 7.50. The minimum Gasteiger partial charge on any atom is -0.306 e. The molecule has 5 rings (SSSR count). The van der Waals surface area contributed by atoms with Crippen LogP contribution in [0.25, 0.3) is 22.3 Å². The molecule has 4 aromatic rings. The maximum atomic E-state index is 14.0. The van der Waals surface area contributed by atoms with Crippen molar-refractivity contribution in [3.8, 4) is 11.3 Å². The van der Waals surface area contributed by atoms with Crippen LogP contribution in [-0.4, -0.2) is 25.7 Å². The van der Waals surface area contributed by atoms with Gasteiger partial charge >= 0.3 is 5.69 Å². The van der Waals surface area contributed by atoms with Crippen molar-refractivity contribution >= 4 is 22.8 Å². The highest BCUT2D eigenvalue weighted by atomic mass is 19.2. The second-order valence-electron chi connectivity index (χ2n) is 7.69. The number of fused-ring (bicyclic) bond motifs is 1. The van der Waals surface area contributed by atoms with Gasteiger partial charge in [-0.1, -0.05) is 18.9 Å². The predicted octanol–water partition coefficient (Wildman–Crippen LogP) is 4.37. The second-order valence-corrected chi connectivity index (χ2v) is 7.69. The summed E-state index contributed by atoms with van der Waals surface area (Å²) in [7, 11) is 0. The van der Waals surface area contributed by atoms with E-state index in [1.165, 1.54) is 18.2 Å². The van der Waals surface area contributed by atoms with Gasteiger partial charge in [0.25, 0.3) is 5.91 Å². The Morgan fingerprint density at radius 1 is 1.13 bits per heavy atom. The third kappa shape index (κ3) is 3.41. The molecule has 1 aliphatic rings. The SMILES string of the molecule is O=C(Nc1cc(-c2cccc(F)c2F)[nH]n1)c1ccc2c(c1)[nH]c(=O)n2C1CCCC1. The number of hydrogen-bond donors (Lipinski definition) is 3. The van der Waals surface area contributed by atoms with E-state index in [-0.39, 0.29) is 28.8 Å². The highest BCUT2D eigenvalue weighted by molar-refractivity contribution is 6.05. The molecule has 9 heteroatoms. The zero-order valence-corrected chi connectivity index (χ0v) is 16.4. The Kier molecular flexibility index (Phi) is 4.65. The van der Waals surface area contributed by atoms with E-state index >= 15 is 0 Å². The first-order valence-corrected chi connectivity index (χ1v) is 10.1. The van der Waals surface area contributed by atoms with E-state index in [0.29, 0.717) is 11.1 Å². The third-order valence-corrected chi connectivity index (χ3v) is 5.73. The summed E-state index contributed by atoms with van der Waals surface area (Å²) in [5.74, 6) is -2.23. The van der Waals surface area contributed by atoms with E-state index in [0.717, 1.165) is 37.3 Å². The Labute approximate surface area is 175 Å². The van der Waals surface area contributed by atoms with Crippen LogP contribution in [0, 0.1) is 11.6 Å². The predicted molar refractivity (Wildman–Crippen MR) is 112 cm³/mol. The van der Waals surface area contributed by atoms with Crippen molar-refractivity contribution in [2.75, 3.05) is 5.32 Å². The molecule has 7 nitrogen and oxygen atoms in total. The first kappa shape index (κ1) is 19.2. The molecule has 0 unspecified atom stereocenters. The molecule has 1 amide bonds. The minimum absolute atomic E-state index is 0.0141. The van der Waals surface area contributed by atoms with Crippen LogP contribution in [0.1, 0.15) is 42.1 Å². The molecule has 1 saturated carbocycles. The third-order valence-electron chi connectivity index (χ3n) is 5.73. The van der Waals surface area contributed by atoms with E-state index in [4.69, 9.17) is 0 Å². The number of benzene rings is 2. The van der Waals surface area contributed by atoms with Crippen molar-refractivity contribution < 1.29 is 13.6 Å². The fourth-order valence-electron chi connectivity index (χ4n) is 4.22. The number of carbonyl (C=O) groups excluding carboxylic acids is 1. The van der Waals surface area contributed by atoms with Gasteiger partial charge < -0.3 is 10.3 Å². The zero-order chi connectivity index (χ0) is 21.5. The lowest BCUT2D eigenvalue weighted by Gasteiger charge is -2.11. The van der Waals surface area contributed by atoms with Crippen LogP contribution in [0.2, 0.25) is 0 Å². The summed E-state index contributed by atoms with van der Waals surface area (Å²) in [5, 5.41) is 9.18. The minimum atomic E-state index is -0.995. The Balaban J connectivity index is 1.39. The molecule has 2 aromatic carbocycles. The molecular formula is C22H19F2N5O2. The molecule has 1 fully saturated rings. The van der Waals surface area contributed by atoms with Gasteiger partial charge in [0.1, 0.15) is 0 Å². The monoisotopic (exact) mass is 423 g/mol. The van der Waals surface area contributed by atoms with Crippen LogP contribution >= 0.6 is 0 Å². The topological polar surface area (TPSA) is 95.6 Å². The van der Waals surface area contributed by atoms with Gasteiger partial charge in [-0.05, 0) is 43.2 Å². The number of anilines is 1. The highest BCUT2D eigenvalue weighted by Crippen LogP contribution is 2.31. The van der Waals surface area contributed by atoms with E-state index in [1.807, 2.05) is 0 Å². The average Bonchev–Trinajstić information content (AvgIpc) is 3.49. The van der Waals surface area contributed by atoms with Gasteiger partial charge in [-0.15, -0.1) is 0 Å². The van der Waals surface area contributed by atoms with Crippen LogP contribution < -0.4 is 11.0 Å². The number of amides is 1. The van der Waals surface area contributed by atoms with Gasteiger partial charge in [0.15, 0.2) is 17.5 Å². The van der Waals surface area contributed by atoms with Crippen molar-refractivity contribution in [1.29, 1.82) is 0 Å². The fourth-order valence-corrected chi connectivity index (χ4v) is 4.22. The molecule has 2 aromatic heterocycles. The number of hydrogen-bond acceptors (Lipinski definition) is 3. The molecule has 1 aliphatic carbocycles. The van der Waals surface area contributed by atoms with E-state index in [9.17, 15) is 18.4 Å². The standard InChI is InChI=1S/C22H19F2N5O2/c23-15-7-3-6-14(20(15)24)16-11-19(28-27-16)26-21(30)12-8-9-18-17(10-12)25-22(31)29(18)13-4-1-2-5-13/h3,6-11,13H,1-2,4-5H2,(H,25,31)(H2,26,27,28,30). The van der Waals surface area contributed by atoms with Gasteiger partial charge in [0.2, 0.25) is 0 Å². The molecule has 0 radical (unpaired) electrons. The number of rotatable bonds is 4. The van der Waals surface area contributed by atoms with Crippen LogP contribution in [-0.2, 0) is 0 Å². The van der Waals surface area contributed by atoms with Gasteiger partial charge in [-0.2, -0.15) is 5.10 Å². The summed E-state index contributed by atoms with van der Waals surface area (Å²) in [6, 6.07) is 10.5. The summed E-state index contributed by atoms with van der Waals surface area (Å²) in [6.45, 7) is 0. The van der Waals surface area contributed by atoms with Crippen LogP contribution in [0.4, 0.5) is 14.6 Å². The van der Waals surface area contributed by atoms with Gasteiger partial charge in [0.05, 0.1) is 16.7 Å². The summed E-state index contributed by atoms with van der Waals surface area (Å²) in [6.07, 6.45) is 4.16. The number of nitrogens with one attached hydrogen (secondary N) is 3. The number of halogens is 2. The van der Waals surface area contributed by atoms with Crippen molar-refractivity contribution in [2.24, 2.45) is 0 Å². The number of aromatic amines is 2. The normalized spacial score (nSPS) is 14.4. The van der Waals surface area contributed by atoms with Gasteiger partial charge in [0, 0.05) is 23.2 Å². The van der Waals surface area contributed by atoms with Crippen molar-refractivity contribution in [2.45, 2.75) is 31.7 Å². The van der Waals surface area contributed by atoms with Crippen molar-refractivity contribution in [3.05, 3.63) is 70.1 Å². The molecule has 2 heterocycles. The Hall–Kier alpha value is -3.75. The lowest BCUT2D eigenvalue weighted by molar-refractivity contribution is 0.102. The maximum Gasteiger partial charge on any atom is 0.326 e. The Bertz CT molecular complexity index is 1350. The number of imidazole rings is 1. The molecule has 0 atom stereocenters. The van der Waals surface area contributed by atoms with Gasteiger partial charge in [-0.25, -0.2) is 13.6 Å². The number of aromatic nitrogens is 4. The summed E-state index contributed by atoms with van der Waals surface area (Å²) in [5.41, 5.74) is 1.79. The molecular weight excluding hydrogens is 404 g/mol. The number of carbonyl (C=O) groups is 1. The smallest absolute Gasteiger partial charge is 0.306 e. The number of H-pyrrole nitrogens is 2. The zero-order valence-electron chi connectivity index (χ0n) is 16.4. The van der Waals surface area contributed by atoms with Crippen molar-refractivity contribution in [3.63, 3.8) is 0 Å². The summed E-state index contributed by atoms with van der Waals surface area (Å²) in [4.78, 5) is 27.9. The van der Waals surface area contributed by atoms with Crippen LogP contribution in [0.5, 0.6) is 0 Å². The first-order chi connectivity index (χ1) is 15.0. The largest absolute Gasteiger partial charge is 0.326 e. The lowest BCUT2D eigenvalue weighted by atomic mass is 10.1. The van der Waals surface area contributed by atoms with Gasteiger partial charge in [-0.3, -0.25) is 14.5 Å².